The molecule has 0 spiro atoms. The van der Waals surface area contributed by atoms with E-state index in [1.165, 1.54) is 36.4 Å². The Bertz CT molecular complexity index is 1100. The van der Waals surface area contributed by atoms with Gasteiger partial charge in [0.15, 0.2) is 15.0 Å². The molecule has 0 bridgehead atoms. The number of carboxylic acid groups (broad SMARTS) is 1. The number of carbonyl (C=O) groups excluding carboxylic acids is 2. The van der Waals surface area contributed by atoms with Gasteiger partial charge in [0.25, 0.3) is 5.91 Å². The number of nitrogens with one attached hydrogen (secondary N) is 1. The number of fused-ring (bicyclic) bond motifs is 1. The van der Waals surface area contributed by atoms with Gasteiger partial charge in [0.1, 0.15) is 0 Å². The fraction of sp³-hybridized carbons (Fsp3) is 0.0625. The number of carbonyl (C=O) groups is 2. The Morgan fingerprint density at radius 1 is 1.12 bits per heavy atom. The quantitative estimate of drug-likeness (QED) is 0.735. The number of anilines is 1. The van der Waals surface area contributed by atoms with Crippen molar-refractivity contribution in [2.24, 2.45) is 0 Å². The van der Waals surface area contributed by atoms with Gasteiger partial charge in [-0.1, -0.05) is 29.5 Å². The molecule has 1 N–H and O–H groups in total. The molecule has 3 aromatic rings. The highest BCUT2D eigenvalue weighted by Crippen LogP contribution is 2.28. The lowest BCUT2D eigenvalue weighted by molar-refractivity contribution is -0.255. The van der Waals surface area contributed by atoms with Crippen molar-refractivity contribution >= 4 is 48.4 Å². The molecule has 25 heavy (non-hydrogen) atoms. The number of amides is 1. The van der Waals surface area contributed by atoms with Crippen molar-refractivity contribution < 1.29 is 23.1 Å². The van der Waals surface area contributed by atoms with Gasteiger partial charge < -0.3 is 9.90 Å². The van der Waals surface area contributed by atoms with Crippen molar-refractivity contribution in [3.63, 3.8) is 0 Å². The topological polar surface area (TPSA) is 116 Å². The molecule has 0 unspecified atom stereocenters. The number of nitrogens with zero attached hydrogens (tertiary/aromatic N) is 1. The van der Waals surface area contributed by atoms with Gasteiger partial charge in [0.2, 0.25) is 0 Å². The van der Waals surface area contributed by atoms with Crippen LogP contribution in [0.1, 0.15) is 20.7 Å². The third kappa shape index (κ3) is 3.52. The number of thiazole rings is 1. The molecule has 0 fully saturated rings. The molecule has 2 aromatic carbocycles. The molecule has 0 radical (unpaired) electrons. The minimum absolute atomic E-state index is 0.0430. The lowest BCUT2D eigenvalue weighted by Gasteiger charge is -2.08. The van der Waals surface area contributed by atoms with Gasteiger partial charge in [-0.2, -0.15) is 0 Å². The maximum Gasteiger partial charge on any atom is 0.258 e. The number of carboxylic acids is 1. The molecule has 0 saturated heterocycles. The van der Waals surface area contributed by atoms with Crippen molar-refractivity contribution in [2.45, 2.75) is 4.90 Å². The third-order valence-corrected chi connectivity index (χ3v) is 5.44. The standard InChI is InChI=1S/C16H12N2O5S2/c1-25(22,23)9-6-7-12-13(8-9)24-16(17-12)18-14(19)10-4-2-3-5-11(10)15(20)21/h2-8H,1H3,(H,20,21)(H,17,18,19)/p-1. The van der Waals surface area contributed by atoms with Crippen LogP contribution < -0.4 is 10.4 Å². The van der Waals surface area contributed by atoms with Crippen molar-refractivity contribution in [1.29, 1.82) is 0 Å². The maximum absolute atomic E-state index is 12.3. The average molecular weight is 375 g/mol. The largest absolute Gasteiger partial charge is 0.545 e. The van der Waals surface area contributed by atoms with Crippen LogP contribution in [0.5, 0.6) is 0 Å². The van der Waals surface area contributed by atoms with E-state index < -0.39 is 21.7 Å². The predicted molar refractivity (Wildman–Crippen MR) is 91.5 cm³/mol. The summed E-state index contributed by atoms with van der Waals surface area (Å²) >= 11 is 1.09. The molecule has 7 nitrogen and oxygen atoms in total. The maximum atomic E-state index is 12.3. The Kier molecular flexibility index (Phi) is 4.27. The van der Waals surface area contributed by atoms with Crippen LogP contribution in [0, 0.1) is 0 Å². The Hall–Kier alpha value is -2.78. The summed E-state index contributed by atoms with van der Waals surface area (Å²) in [6, 6.07) is 10.1. The molecule has 0 aliphatic rings. The van der Waals surface area contributed by atoms with E-state index in [0.717, 1.165) is 17.6 Å². The zero-order chi connectivity index (χ0) is 18.2. The summed E-state index contributed by atoms with van der Waals surface area (Å²) in [6.07, 6.45) is 1.11. The number of aromatic nitrogens is 1. The molecule has 1 heterocycles. The fourth-order valence-electron chi connectivity index (χ4n) is 2.21. The summed E-state index contributed by atoms with van der Waals surface area (Å²) in [7, 11) is -3.35. The van der Waals surface area contributed by atoms with Gasteiger partial charge in [-0.25, -0.2) is 13.4 Å². The monoisotopic (exact) mass is 375 g/mol. The number of sulfone groups is 1. The highest BCUT2D eigenvalue weighted by molar-refractivity contribution is 7.90. The number of benzene rings is 2. The van der Waals surface area contributed by atoms with Crippen LogP contribution >= 0.6 is 11.3 Å². The van der Waals surface area contributed by atoms with Crippen molar-refractivity contribution in [1.82, 2.24) is 4.98 Å². The second-order valence-corrected chi connectivity index (χ2v) is 8.25. The predicted octanol–water partition coefficient (Wildman–Crippen LogP) is 1.32. The summed E-state index contributed by atoms with van der Waals surface area (Å²) in [5, 5.41) is 13.9. The second-order valence-electron chi connectivity index (χ2n) is 5.21. The minimum Gasteiger partial charge on any atom is -0.545 e. The first-order valence-corrected chi connectivity index (χ1v) is 9.69. The lowest BCUT2D eigenvalue weighted by atomic mass is 10.1. The smallest absolute Gasteiger partial charge is 0.258 e. The van der Waals surface area contributed by atoms with E-state index >= 15 is 0 Å². The van der Waals surface area contributed by atoms with Crippen LogP contribution in [0.3, 0.4) is 0 Å². The third-order valence-electron chi connectivity index (χ3n) is 3.40. The van der Waals surface area contributed by atoms with Gasteiger partial charge in [-0.05, 0) is 24.3 Å². The second kappa shape index (κ2) is 6.26. The SMILES string of the molecule is CS(=O)(=O)c1ccc2nc(NC(=O)c3ccccc3C(=O)[O-])sc2c1. The van der Waals surface area contributed by atoms with Crippen molar-refractivity contribution in [3.8, 4) is 0 Å². The van der Waals surface area contributed by atoms with Crippen LogP contribution in [0.2, 0.25) is 0 Å². The molecule has 0 aliphatic carbocycles. The minimum atomic E-state index is -3.35. The Morgan fingerprint density at radius 2 is 1.80 bits per heavy atom. The van der Waals surface area contributed by atoms with E-state index in [2.05, 4.69) is 10.3 Å². The van der Waals surface area contributed by atoms with Gasteiger partial charge in [0.05, 0.1) is 21.1 Å². The average Bonchev–Trinajstić information content (AvgIpc) is 2.95. The Balaban J connectivity index is 1.93. The number of hydrogen-bond acceptors (Lipinski definition) is 7. The number of hydrogen-bond donors (Lipinski definition) is 1. The van der Waals surface area contributed by atoms with Crippen LogP contribution in [0.25, 0.3) is 10.2 Å². The van der Waals surface area contributed by atoms with E-state index in [9.17, 15) is 23.1 Å². The van der Waals surface area contributed by atoms with Gasteiger partial charge >= 0.3 is 0 Å². The molecule has 9 heteroatoms. The zero-order valence-electron chi connectivity index (χ0n) is 12.8. The lowest BCUT2D eigenvalue weighted by Crippen LogP contribution is -2.26. The first-order valence-electron chi connectivity index (χ1n) is 6.98. The summed E-state index contributed by atoms with van der Waals surface area (Å²) in [4.78, 5) is 27.8. The van der Waals surface area contributed by atoms with Crippen LogP contribution in [-0.4, -0.2) is 31.5 Å². The van der Waals surface area contributed by atoms with E-state index in [0.29, 0.717) is 10.2 Å². The summed E-state index contributed by atoms with van der Waals surface area (Å²) in [6.45, 7) is 0. The van der Waals surface area contributed by atoms with Crippen molar-refractivity contribution in [2.75, 3.05) is 11.6 Å². The van der Waals surface area contributed by atoms with E-state index in [1.807, 2.05) is 0 Å². The highest BCUT2D eigenvalue weighted by Gasteiger charge is 2.15. The van der Waals surface area contributed by atoms with Crippen LogP contribution in [0.15, 0.2) is 47.4 Å². The number of rotatable bonds is 4. The van der Waals surface area contributed by atoms with Crippen LogP contribution in [0.4, 0.5) is 5.13 Å². The molecular weight excluding hydrogens is 364 g/mol. The molecule has 1 aromatic heterocycles. The first-order chi connectivity index (χ1) is 11.8. The molecule has 128 valence electrons. The fourth-order valence-corrected chi connectivity index (χ4v) is 3.83. The summed E-state index contributed by atoms with van der Waals surface area (Å²) in [5.41, 5.74) is 0.264. The van der Waals surface area contributed by atoms with Gasteiger partial charge in [-0.15, -0.1) is 0 Å². The molecule has 0 atom stereocenters. The van der Waals surface area contributed by atoms with E-state index in [1.54, 1.807) is 6.07 Å². The Morgan fingerprint density at radius 3 is 2.44 bits per heavy atom. The highest BCUT2D eigenvalue weighted by atomic mass is 32.2. The normalized spacial score (nSPS) is 11.4. The Labute approximate surface area is 146 Å². The number of aromatic carboxylic acids is 1. The van der Waals surface area contributed by atoms with Crippen molar-refractivity contribution in [3.05, 3.63) is 53.6 Å². The molecule has 0 aliphatic heterocycles. The van der Waals surface area contributed by atoms with E-state index in [-0.39, 0.29) is 21.2 Å². The molecule has 1 amide bonds. The molecule has 3 rings (SSSR count). The molecule has 0 saturated carbocycles. The van der Waals surface area contributed by atoms with Crippen LogP contribution in [-0.2, 0) is 9.84 Å². The zero-order valence-corrected chi connectivity index (χ0v) is 14.5. The van der Waals surface area contributed by atoms with Gasteiger partial charge in [-0.3, -0.25) is 10.1 Å². The summed E-state index contributed by atoms with van der Waals surface area (Å²) in [5.74, 6) is -2.09. The molecular formula is C16H11N2O5S2-. The van der Waals surface area contributed by atoms with E-state index in [4.69, 9.17) is 0 Å². The van der Waals surface area contributed by atoms with Gasteiger partial charge in [0, 0.05) is 17.4 Å². The first kappa shape index (κ1) is 17.1. The summed E-state index contributed by atoms with van der Waals surface area (Å²) < 4.78 is 23.8.